The molecular formula is C28H35N7O2S. The lowest BCUT2D eigenvalue weighted by molar-refractivity contribution is -0.115. The molecule has 2 amide bonds. The van der Waals surface area contributed by atoms with Crippen LogP contribution in [0.4, 0.5) is 17.2 Å². The molecule has 4 heterocycles. The number of benzene rings is 1. The van der Waals surface area contributed by atoms with Crippen molar-refractivity contribution < 1.29 is 9.59 Å². The second-order valence-corrected chi connectivity index (χ2v) is 10.4. The number of nitrogens with zero attached hydrogens (tertiary/aromatic N) is 3. The molecule has 0 bridgehead atoms. The van der Waals surface area contributed by atoms with E-state index in [1.807, 2.05) is 30.3 Å². The average Bonchev–Trinajstić information content (AvgIpc) is 3.24. The van der Waals surface area contributed by atoms with E-state index in [9.17, 15) is 9.59 Å². The second kappa shape index (κ2) is 11.7. The number of carbonyl (C=O) groups is 2. The number of anilines is 3. The third kappa shape index (κ3) is 5.71. The van der Waals surface area contributed by atoms with Crippen LogP contribution < -0.4 is 27.0 Å². The monoisotopic (exact) mass is 533 g/mol. The SMILES string of the molecule is C.CCCc1cc(N2CCC(NCC(=O)Nc3cnc4ccccc4c3)CC2)nc2sc(C(N)=O)c(N)c12. The van der Waals surface area contributed by atoms with Crippen LogP contribution in [0.1, 0.15) is 48.8 Å². The summed E-state index contributed by atoms with van der Waals surface area (Å²) in [6, 6.07) is 12.1. The number of nitrogens with two attached hydrogens (primary N) is 2. The van der Waals surface area contributed by atoms with Crippen molar-refractivity contribution in [2.45, 2.75) is 46.1 Å². The third-order valence-electron chi connectivity index (χ3n) is 6.75. The standard InChI is InChI=1S/C27H31N7O2S.CH4/c1-2-5-17-13-21(33-27-23(17)24(28)25(37-27)26(29)36)34-10-8-18(9-11-34)30-15-22(35)32-19-12-16-6-3-4-7-20(16)31-14-19;/h3-4,6-7,12-14,18,30H,2,5,8-11,15,28H2,1H3,(H2,29,36)(H,32,35);1H4. The van der Waals surface area contributed by atoms with E-state index in [1.165, 1.54) is 11.3 Å². The van der Waals surface area contributed by atoms with E-state index in [0.717, 1.165) is 71.3 Å². The summed E-state index contributed by atoms with van der Waals surface area (Å²) in [7, 11) is 0. The van der Waals surface area contributed by atoms with Gasteiger partial charge in [0.25, 0.3) is 5.91 Å². The largest absolute Gasteiger partial charge is 0.397 e. The Morgan fingerprint density at radius 1 is 1.18 bits per heavy atom. The molecule has 3 aromatic heterocycles. The van der Waals surface area contributed by atoms with E-state index in [-0.39, 0.29) is 25.9 Å². The normalized spacial score (nSPS) is 14.0. The summed E-state index contributed by atoms with van der Waals surface area (Å²) >= 11 is 1.26. The Morgan fingerprint density at radius 3 is 2.68 bits per heavy atom. The molecule has 0 aliphatic carbocycles. The number of rotatable bonds is 8. The minimum atomic E-state index is -0.516. The Balaban J connectivity index is 0.00000336. The molecule has 0 saturated carbocycles. The number of nitrogen functional groups attached to an aromatic ring is 1. The van der Waals surface area contributed by atoms with Gasteiger partial charge in [-0.15, -0.1) is 11.3 Å². The molecule has 200 valence electrons. The number of piperidine rings is 1. The molecule has 1 aromatic carbocycles. The van der Waals surface area contributed by atoms with Gasteiger partial charge in [-0.1, -0.05) is 39.0 Å². The van der Waals surface area contributed by atoms with Gasteiger partial charge in [-0.05, 0) is 43.0 Å². The predicted molar refractivity (Wildman–Crippen MR) is 157 cm³/mol. The van der Waals surface area contributed by atoms with Crippen LogP contribution in [0.15, 0.2) is 42.6 Å². The quantitative estimate of drug-likeness (QED) is 0.265. The van der Waals surface area contributed by atoms with Crippen molar-refractivity contribution in [1.82, 2.24) is 15.3 Å². The summed E-state index contributed by atoms with van der Waals surface area (Å²) in [5, 5.41) is 8.17. The Morgan fingerprint density at radius 2 is 1.95 bits per heavy atom. The van der Waals surface area contributed by atoms with Crippen LogP contribution >= 0.6 is 11.3 Å². The van der Waals surface area contributed by atoms with Crippen molar-refractivity contribution >= 4 is 61.5 Å². The zero-order chi connectivity index (χ0) is 25.9. The molecule has 1 saturated heterocycles. The Hall–Kier alpha value is -3.76. The van der Waals surface area contributed by atoms with E-state index < -0.39 is 5.91 Å². The smallest absolute Gasteiger partial charge is 0.260 e. The number of para-hydroxylation sites is 1. The Labute approximate surface area is 226 Å². The van der Waals surface area contributed by atoms with Crippen molar-refractivity contribution in [2.75, 3.05) is 35.6 Å². The fourth-order valence-corrected chi connectivity index (χ4v) is 5.88. The zero-order valence-corrected chi connectivity index (χ0v) is 21.6. The maximum absolute atomic E-state index is 12.5. The number of aromatic nitrogens is 2. The summed E-state index contributed by atoms with van der Waals surface area (Å²) in [6.07, 6.45) is 5.29. The van der Waals surface area contributed by atoms with Crippen molar-refractivity contribution in [3.63, 3.8) is 0 Å². The minimum absolute atomic E-state index is 0. The maximum Gasteiger partial charge on any atom is 0.260 e. The molecule has 6 N–H and O–H groups in total. The maximum atomic E-state index is 12.5. The first kappa shape index (κ1) is 27.3. The van der Waals surface area contributed by atoms with Crippen molar-refractivity contribution in [3.05, 3.63) is 53.0 Å². The molecule has 1 aliphatic heterocycles. The first-order chi connectivity index (χ1) is 17.9. The van der Waals surface area contributed by atoms with Crippen LogP contribution in [0.2, 0.25) is 0 Å². The van der Waals surface area contributed by atoms with Gasteiger partial charge in [-0.3, -0.25) is 14.6 Å². The van der Waals surface area contributed by atoms with Gasteiger partial charge >= 0.3 is 0 Å². The molecule has 4 aromatic rings. The molecule has 1 fully saturated rings. The number of thiophene rings is 1. The van der Waals surface area contributed by atoms with Crippen LogP contribution in [0, 0.1) is 0 Å². The van der Waals surface area contributed by atoms with Gasteiger partial charge in [0.2, 0.25) is 5.91 Å². The van der Waals surface area contributed by atoms with Gasteiger partial charge in [0.05, 0.1) is 29.6 Å². The molecule has 38 heavy (non-hydrogen) atoms. The number of fused-ring (bicyclic) bond motifs is 2. The first-order valence-electron chi connectivity index (χ1n) is 12.6. The van der Waals surface area contributed by atoms with E-state index in [4.69, 9.17) is 16.5 Å². The highest BCUT2D eigenvalue weighted by molar-refractivity contribution is 7.21. The first-order valence-corrected chi connectivity index (χ1v) is 13.4. The summed E-state index contributed by atoms with van der Waals surface area (Å²) in [5.74, 6) is 0.293. The Bertz CT molecular complexity index is 1460. The molecule has 0 spiro atoms. The van der Waals surface area contributed by atoms with Gasteiger partial charge in [0.15, 0.2) is 0 Å². The summed E-state index contributed by atoms with van der Waals surface area (Å²) < 4.78 is 0. The highest BCUT2D eigenvalue weighted by atomic mass is 32.1. The lowest BCUT2D eigenvalue weighted by Gasteiger charge is -2.33. The van der Waals surface area contributed by atoms with E-state index >= 15 is 0 Å². The molecule has 0 unspecified atom stereocenters. The number of amides is 2. The predicted octanol–water partition coefficient (Wildman–Crippen LogP) is 4.31. The van der Waals surface area contributed by atoms with Crippen LogP contribution in [0.25, 0.3) is 21.1 Å². The Kier molecular flexibility index (Phi) is 8.43. The van der Waals surface area contributed by atoms with Gasteiger partial charge in [0.1, 0.15) is 15.5 Å². The van der Waals surface area contributed by atoms with Crippen molar-refractivity contribution in [2.24, 2.45) is 5.73 Å². The minimum Gasteiger partial charge on any atom is -0.397 e. The fraction of sp³-hybridized carbons (Fsp3) is 0.357. The average molecular weight is 534 g/mol. The van der Waals surface area contributed by atoms with E-state index in [0.29, 0.717) is 16.3 Å². The molecular weight excluding hydrogens is 498 g/mol. The summed E-state index contributed by atoms with van der Waals surface area (Å²) in [5.41, 5.74) is 14.9. The summed E-state index contributed by atoms with van der Waals surface area (Å²) in [4.78, 5) is 37.0. The lowest BCUT2D eigenvalue weighted by Crippen LogP contribution is -2.45. The number of primary amides is 1. The molecule has 5 rings (SSSR count). The van der Waals surface area contributed by atoms with Gasteiger partial charge in [-0.25, -0.2) is 4.98 Å². The number of hydrogen-bond acceptors (Lipinski definition) is 8. The number of aryl methyl sites for hydroxylation is 1. The van der Waals surface area contributed by atoms with Crippen molar-refractivity contribution in [3.8, 4) is 0 Å². The number of hydrogen-bond donors (Lipinski definition) is 4. The highest BCUT2D eigenvalue weighted by Gasteiger charge is 2.24. The molecule has 0 atom stereocenters. The van der Waals surface area contributed by atoms with Crippen molar-refractivity contribution in [1.29, 1.82) is 0 Å². The van der Waals surface area contributed by atoms with Crippen LogP contribution in [-0.2, 0) is 11.2 Å². The van der Waals surface area contributed by atoms with E-state index in [2.05, 4.69) is 33.5 Å². The number of pyridine rings is 2. The molecule has 1 aliphatic rings. The van der Waals surface area contributed by atoms with E-state index in [1.54, 1.807) is 6.20 Å². The molecule has 0 radical (unpaired) electrons. The van der Waals surface area contributed by atoms with Gasteiger partial charge in [0, 0.05) is 29.9 Å². The fourth-order valence-electron chi connectivity index (χ4n) is 4.89. The zero-order valence-electron chi connectivity index (χ0n) is 20.8. The topological polar surface area (TPSA) is 139 Å². The van der Waals surface area contributed by atoms with Gasteiger partial charge < -0.3 is 27.0 Å². The third-order valence-corrected chi connectivity index (χ3v) is 7.87. The highest BCUT2D eigenvalue weighted by Crippen LogP contribution is 2.37. The molecule has 10 heteroatoms. The second-order valence-electron chi connectivity index (χ2n) is 9.39. The molecule has 9 nitrogen and oxygen atoms in total. The number of nitrogens with one attached hydrogen (secondary N) is 2. The van der Waals surface area contributed by atoms with Gasteiger partial charge in [-0.2, -0.15) is 0 Å². The van der Waals surface area contributed by atoms with Crippen LogP contribution in [0.3, 0.4) is 0 Å². The number of carbonyl (C=O) groups excluding carboxylic acids is 2. The van der Waals surface area contributed by atoms with Crippen LogP contribution in [0.5, 0.6) is 0 Å². The summed E-state index contributed by atoms with van der Waals surface area (Å²) in [6.45, 7) is 4.00. The van der Waals surface area contributed by atoms with Crippen LogP contribution in [-0.4, -0.2) is 47.5 Å². The lowest BCUT2D eigenvalue weighted by atomic mass is 10.0.